The van der Waals surface area contributed by atoms with Crippen molar-refractivity contribution in [2.24, 2.45) is 0 Å². The molecule has 52 valence electrons. The van der Waals surface area contributed by atoms with Gasteiger partial charge in [0.25, 0.3) is 0 Å². The van der Waals surface area contributed by atoms with Gasteiger partial charge in [-0.05, 0) is 6.42 Å². The Morgan fingerprint density at radius 3 is 2.89 bits per heavy atom. The molecule has 0 radical (unpaired) electrons. The van der Waals surface area contributed by atoms with E-state index in [9.17, 15) is 0 Å². The maximum Gasteiger partial charge on any atom is 0.0591 e. The molecule has 0 unspecified atom stereocenters. The third-order valence-electron chi connectivity index (χ3n) is 2.21. The van der Waals surface area contributed by atoms with Gasteiger partial charge in [-0.1, -0.05) is 0 Å². The molecule has 2 bridgehead atoms. The van der Waals surface area contributed by atoms with Crippen molar-refractivity contribution in [2.75, 3.05) is 18.9 Å². The van der Waals surface area contributed by atoms with Gasteiger partial charge in [0.15, 0.2) is 0 Å². The Hall–Kier alpha value is 0.270. The van der Waals surface area contributed by atoms with E-state index in [0.717, 1.165) is 6.54 Å². The highest BCUT2D eigenvalue weighted by Gasteiger charge is 2.44. The van der Waals surface area contributed by atoms with E-state index in [-0.39, 0.29) is 4.75 Å². The average Bonchev–Trinajstić information content (AvgIpc) is 2.46. The third kappa shape index (κ3) is 0.791. The van der Waals surface area contributed by atoms with E-state index < -0.39 is 0 Å². The fourth-order valence-corrected chi connectivity index (χ4v) is 2.98. The second-order valence-corrected chi connectivity index (χ2v) is 4.42. The number of thioether (sulfide) groups is 1. The molecule has 0 aromatic carbocycles. The highest BCUT2D eigenvalue weighted by molar-refractivity contribution is 8.01. The number of rotatable bonds is 1. The first kappa shape index (κ1) is 6.01. The van der Waals surface area contributed by atoms with Crippen LogP contribution < -0.4 is 5.32 Å². The third-order valence-corrected chi connectivity index (χ3v) is 3.83. The molecule has 0 amide bonds. The maximum atomic E-state index is 8.98. The molecule has 0 aromatic heterocycles. The fourth-order valence-electron chi connectivity index (χ4n) is 1.60. The van der Waals surface area contributed by atoms with Crippen LogP contribution in [-0.4, -0.2) is 34.8 Å². The molecule has 2 aliphatic rings. The largest absolute Gasteiger partial charge is 0.395 e. The smallest absolute Gasteiger partial charge is 0.0591 e. The van der Waals surface area contributed by atoms with Crippen molar-refractivity contribution in [3.63, 3.8) is 0 Å². The van der Waals surface area contributed by atoms with Crippen LogP contribution in [0.5, 0.6) is 0 Å². The maximum absolute atomic E-state index is 8.98. The van der Waals surface area contributed by atoms with Gasteiger partial charge in [-0.15, -0.1) is 11.8 Å². The quantitative estimate of drug-likeness (QED) is 0.537. The summed E-state index contributed by atoms with van der Waals surface area (Å²) in [7, 11) is 0. The fraction of sp³-hybridized carbons (Fsp3) is 1.00. The summed E-state index contributed by atoms with van der Waals surface area (Å²) in [6, 6.07) is 0.696. The molecule has 2 saturated heterocycles. The van der Waals surface area contributed by atoms with Crippen LogP contribution in [0, 0.1) is 0 Å². The predicted molar refractivity (Wildman–Crippen MR) is 38.7 cm³/mol. The summed E-state index contributed by atoms with van der Waals surface area (Å²) in [5, 5.41) is 12.3. The molecule has 0 aliphatic carbocycles. The number of aliphatic hydroxyl groups excluding tert-OH is 1. The molecular weight excluding hydrogens is 134 g/mol. The molecule has 0 aromatic rings. The number of fused-ring (bicyclic) bond motifs is 2. The van der Waals surface area contributed by atoms with Crippen molar-refractivity contribution in [1.29, 1.82) is 0 Å². The van der Waals surface area contributed by atoms with Gasteiger partial charge in [-0.2, -0.15) is 0 Å². The Balaban J connectivity index is 2.13. The van der Waals surface area contributed by atoms with E-state index in [2.05, 4.69) is 5.32 Å². The standard InChI is InChI=1S/C6H11NOS/c8-4-6-1-5(2-9-6)7-3-6/h5,7-8H,1-4H2/t5-,6-/m0/s1. The summed E-state index contributed by atoms with van der Waals surface area (Å²) in [4.78, 5) is 0. The minimum Gasteiger partial charge on any atom is -0.395 e. The Kier molecular flexibility index (Phi) is 1.25. The Morgan fingerprint density at radius 1 is 1.78 bits per heavy atom. The van der Waals surface area contributed by atoms with Gasteiger partial charge in [0.05, 0.1) is 11.4 Å². The first-order valence-electron chi connectivity index (χ1n) is 3.33. The highest BCUT2D eigenvalue weighted by atomic mass is 32.2. The van der Waals surface area contributed by atoms with Gasteiger partial charge >= 0.3 is 0 Å². The van der Waals surface area contributed by atoms with Gasteiger partial charge in [0.1, 0.15) is 0 Å². The molecule has 2 rings (SSSR count). The zero-order valence-corrected chi connectivity index (χ0v) is 6.08. The minimum absolute atomic E-state index is 0.213. The Labute approximate surface area is 59.0 Å². The second-order valence-electron chi connectivity index (χ2n) is 2.93. The normalized spacial score (nSPS) is 48.3. The first-order valence-corrected chi connectivity index (χ1v) is 4.31. The number of hydrogen-bond acceptors (Lipinski definition) is 3. The summed E-state index contributed by atoms with van der Waals surface area (Å²) >= 11 is 1.93. The van der Waals surface area contributed by atoms with Crippen LogP contribution in [0.25, 0.3) is 0 Å². The lowest BCUT2D eigenvalue weighted by Crippen LogP contribution is -2.35. The molecule has 0 spiro atoms. The van der Waals surface area contributed by atoms with Crippen molar-refractivity contribution in [3.8, 4) is 0 Å². The van der Waals surface area contributed by atoms with Crippen LogP contribution in [-0.2, 0) is 0 Å². The van der Waals surface area contributed by atoms with Crippen LogP contribution in [0.3, 0.4) is 0 Å². The van der Waals surface area contributed by atoms with Crippen LogP contribution in [0.15, 0.2) is 0 Å². The van der Waals surface area contributed by atoms with E-state index in [1.165, 1.54) is 12.2 Å². The van der Waals surface area contributed by atoms with Gasteiger partial charge < -0.3 is 10.4 Å². The van der Waals surface area contributed by atoms with E-state index in [1.807, 2.05) is 11.8 Å². The van der Waals surface area contributed by atoms with Crippen molar-refractivity contribution in [2.45, 2.75) is 17.2 Å². The molecule has 9 heavy (non-hydrogen) atoms. The number of hydrogen-bond donors (Lipinski definition) is 2. The van der Waals surface area contributed by atoms with Crippen molar-refractivity contribution < 1.29 is 5.11 Å². The topological polar surface area (TPSA) is 32.3 Å². The molecule has 2 aliphatic heterocycles. The lowest BCUT2D eigenvalue weighted by Gasteiger charge is -2.22. The number of aliphatic hydroxyl groups is 1. The Bertz CT molecular complexity index is 120. The summed E-state index contributed by atoms with van der Waals surface area (Å²) in [6.07, 6.45) is 1.17. The molecule has 2 atom stereocenters. The van der Waals surface area contributed by atoms with Crippen LogP contribution >= 0.6 is 11.8 Å². The van der Waals surface area contributed by atoms with Crippen LogP contribution in [0.2, 0.25) is 0 Å². The highest BCUT2D eigenvalue weighted by Crippen LogP contribution is 2.41. The summed E-state index contributed by atoms with van der Waals surface area (Å²) in [5.74, 6) is 1.20. The summed E-state index contributed by atoms with van der Waals surface area (Å²) < 4.78 is 0.213. The zero-order chi connectivity index (χ0) is 6.32. The molecule has 3 heteroatoms. The summed E-state index contributed by atoms with van der Waals surface area (Å²) in [5.41, 5.74) is 0. The summed E-state index contributed by atoms with van der Waals surface area (Å²) in [6.45, 7) is 1.36. The SMILES string of the molecule is OC[C@]12CN[C@H](CS1)C2. The molecule has 0 saturated carbocycles. The van der Waals surface area contributed by atoms with E-state index in [4.69, 9.17) is 5.11 Å². The second kappa shape index (κ2) is 1.87. The lowest BCUT2D eigenvalue weighted by atomic mass is 10.1. The van der Waals surface area contributed by atoms with Crippen LogP contribution in [0.4, 0.5) is 0 Å². The molecule has 2 heterocycles. The van der Waals surface area contributed by atoms with Crippen molar-refractivity contribution in [1.82, 2.24) is 5.32 Å². The van der Waals surface area contributed by atoms with E-state index in [1.54, 1.807) is 0 Å². The van der Waals surface area contributed by atoms with Gasteiger partial charge in [0, 0.05) is 18.3 Å². The molecular formula is C6H11NOS. The van der Waals surface area contributed by atoms with Gasteiger partial charge in [-0.3, -0.25) is 0 Å². The minimum atomic E-state index is 0.213. The van der Waals surface area contributed by atoms with E-state index in [0.29, 0.717) is 12.6 Å². The number of nitrogens with one attached hydrogen (secondary N) is 1. The zero-order valence-electron chi connectivity index (χ0n) is 5.26. The molecule has 2 N–H and O–H groups in total. The Morgan fingerprint density at radius 2 is 2.67 bits per heavy atom. The lowest BCUT2D eigenvalue weighted by molar-refractivity contribution is 0.257. The van der Waals surface area contributed by atoms with Gasteiger partial charge in [0.2, 0.25) is 0 Å². The van der Waals surface area contributed by atoms with Gasteiger partial charge in [-0.25, -0.2) is 0 Å². The predicted octanol–water partition coefficient (Wildman–Crippen LogP) is -0.174. The van der Waals surface area contributed by atoms with Crippen molar-refractivity contribution in [3.05, 3.63) is 0 Å². The molecule has 2 nitrogen and oxygen atoms in total. The first-order chi connectivity index (χ1) is 4.35. The average molecular weight is 145 g/mol. The van der Waals surface area contributed by atoms with Crippen LogP contribution in [0.1, 0.15) is 6.42 Å². The monoisotopic (exact) mass is 145 g/mol. The molecule has 2 fully saturated rings. The van der Waals surface area contributed by atoms with E-state index >= 15 is 0 Å². The van der Waals surface area contributed by atoms with Crippen molar-refractivity contribution >= 4 is 11.8 Å².